The van der Waals surface area contributed by atoms with Gasteiger partial charge in [-0.1, -0.05) is 0 Å². The minimum absolute atomic E-state index is 0.264. The van der Waals surface area contributed by atoms with Gasteiger partial charge in [-0.05, 0) is 59.6 Å². The number of anilines is 1. The van der Waals surface area contributed by atoms with Crippen LogP contribution in [-0.4, -0.2) is 10.9 Å². The molecule has 0 saturated heterocycles. The molecule has 2 rings (SSSR count). The molecule has 0 bridgehead atoms. The second-order valence-corrected chi connectivity index (χ2v) is 5.03. The Morgan fingerprint density at radius 2 is 2.05 bits per heavy atom. The molecule has 0 atom stereocenters. The van der Waals surface area contributed by atoms with E-state index in [4.69, 9.17) is 0 Å². The minimum Gasteiger partial charge on any atom is -0.320 e. The zero-order valence-electron chi connectivity index (χ0n) is 10.5. The Morgan fingerprint density at radius 3 is 2.68 bits per heavy atom. The molecule has 0 unspecified atom stereocenters. The van der Waals surface area contributed by atoms with Crippen molar-refractivity contribution in [3.63, 3.8) is 0 Å². The molecule has 1 N–H and O–H groups in total. The summed E-state index contributed by atoms with van der Waals surface area (Å²) in [7, 11) is 0. The van der Waals surface area contributed by atoms with Crippen LogP contribution in [0.2, 0.25) is 0 Å². The number of carbonyl (C=O) groups is 1. The average Bonchev–Trinajstić information content (AvgIpc) is 2.37. The lowest BCUT2D eigenvalue weighted by atomic mass is 10.1. The summed E-state index contributed by atoms with van der Waals surface area (Å²) in [6, 6.07) is 5.97. The van der Waals surface area contributed by atoms with Gasteiger partial charge in [0.2, 0.25) is 0 Å². The quantitative estimate of drug-likeness (QED) is 0.912. The van der Waals surface area contributed by atoms with Gasteiger partial charge in [0.25, 0.3) is 5.91 Å². The lowest BCUT2D eigenvalue weighted by Gasteiger charge is -2.10. The smallest absolute Gasteiger partial charge is 0.255 e. The predicted molar refractivity (Wildman–Crippen MR) is 75.8 cm³/mol. The summed E-state index contributed by atoms with van der Waals surface area (Å²) in [5.74, 6) is -0.690. The van der Waals surface area contributed by atoms with Gasteiger partial charge in [0, 0.05) is 11.8 Å². The summed E-state index contributed by atoms with van der Waals surface area (Å²) in [6.45, 7) is 3.72. The molecule has 1 heterocycles. The highest BCUT2D eigenvalue weighted by atomic mass is 79.9. The third-order valence-corrected chi connectivity index (χ3v) is 3.38. The fourth-order valence-corrected chi connectivity index (χ4v) is 2.08. The predicted octanol–water partition coefficient (Wildman–Crippen LogP) is 3.85. The number of hydrogen-bond acceptors (Lipinski definition) is 2. The number of amides is 1. The molecule has 0 aliphatic carbocycles. The van der Waals surface area contributed by atoms with Crippen molar-refractivity contribution in [3.05, 3.63) is 57.6 Å². The van der Waals surface area contributed by atoms with Crippen LogP contribution in [0, 0.1) is 19.7 Å². The molecule has 3 nitrogen and oxygen atoms in total. The topological polar surface area (TPSA) is 42.0 Å². The maximum Gasteiger partial charge on any atom is 0.255 e. The number of nitrogens with zero attached hydrogens (tertiary/aromatic N) is 1. The van der Waals surface area contributed by atoms with Crippen molar-refractivity contribution in [2.45, 2.75) is 13.8 Å². The van der Waals surface area contributed by atoms with Gasteiger partial charge in [0.1, 0.15) is 5.82 Å². The summed E-state index contributed by atoms with van der Waals surface area (Å²) in [4.78, 5) is 16.2. The number of nitrogens with one attached hydrogen (secondary N) is 1. The number of aryl methyl sites for hydroxylation is 2. The fraction of sp³-hybridized carbons (Fsp3) is 0.143. The van der Waals surface area contributed by atoms with Crippen molar-refractivity contribution in [3.8, 4) is 0 Å². The number of rotatable bonds is 2. The Kier molecular flexibility index (Phi) is 3.95. The van der Waals surface area contributed by atoms with Gasteiger partial charge in [-0.2, -0.15) is 0 Å². The van der Waals surface area contributed by atoms with Crippen LogP contribution in [0.15, 0.2) is 34.9 Å². The summed E-state index contributed by atoms with van der Waals surface area (Å²) < 4.78 is 13.4. The highest BCUT2D eigenvalue weighted by Gasteiger charge is 2.11. The van der Waals surface area contributed by atoms with E-state index in [0.29, 0.717) is 11.3 Å². The molecular weight excluding hydrogens is 311 g/mol. The molecule has 0 aliphatic rings. The number of carbonyl (C=O) groups excluding carboxylic acids is 1. The van der Waals surface area contributed by atoms with E-state index in [1.807, 2.05) is 19.9 Å². The van der Waals surface area contributed by atoms with Crippen LogP contribution in [0.1, 0.15) is 21.6 Å². The van der Waals surface area contributed by atoms with Gasteiger partial charge >= 0.3 is 0 Å². The zero-order chi connectivity index (χ0) is 14.0. The first-order valence-corrected chi connectivity index (χ1v) is 6.47. The number of pyridine rings is 1. The summed E-state index contributed by atoms with van der Waals surface area (Å²) in [5.41, 5.74) is 2.75. The molecule has 0 fully saturated rings. The van der Waals surface area contributed by atoms with E-state index < -0.39 is 5.82 Å². The molecule has 5 heteroatoms. The van der Waals surface area contributed by atoms with Gasteiger partial charge in [-0.15, -0.1) is 0 Å². The molecular formula is C14H12BrFN2O. The number of hydrogen-bond donors (Lipinski definition) is 1. The molecule has 0 spiro atoms. The molecule has 0 saturated carbocycles. The summed E-state index contributed by atoms with van der Waals surface area (Å²) >= 11 is 3.06. The van der Waals surface area contributed by atoms with Crippen LogP contribution < -0.4 is 5.32 Å². The van der Waals surface area contributed by atoms with Crippen LogP contribution in [-0.2, 0) is 0 Å². The van der Waals surface area contributed by atoms with Crippen molar-refractivity contribution < 1.29 is 9.18 Å². The standard InChI is InChI=1S/C14H12BrFN2O/c1-8-5-6-17-9(2)13(8)18-14(19)10-3-4-12(16)11(15)7-10/h3-7H,1-2H3,(H,18,19). The van der Waals surface area contributed by atoms with Crippen molar-refractivity contribution >= 4 is 27.5 Å². The van der Waals surface area contributed by atoms with Crippen molar-refractivity contribution in [2.24, 2.45) is 0 Å². The maximum absolute atomic E-state index is 13.1. The summed E-state index contributed by atoms with van der Waals surface area (Å²) in [6.07, 6.45) is 1.69. The van der Waals surface area contributed by atoms with E-state index in [-0.39, 0.29) is 10.4 Å². The van der Waals surface area contributed by atoms with E-state index in [2.05, 4.69) is 26.2 Å². The molecule has 0 radical (unpaired) electrons. The first-order valence-electron chi connectivity index (χ1n) is 5.67. The van der Waals surface area contributed by atoms with E-state index in [1.165, 1.54) is 18.2 Å². The third kappa shape index (κ3) is 2.98. The van der Waals surface area contributed by atoms with E-state index in [0.717, 1.165) is 11.3 Å². The Labute approximate surface area is 119 Å². The van der Waals surface area contributed by atoms with Crippen molar-refractivity contribution in [1.82, 2.24) is 4.98 Å². The summed E-state index contributed by atoms with van der Waals surface area (Å²) in [5, 5.41) is 2.80. The lowest BCUT2D eigenvalue weighted by Crippen LogP contribution is -2.14. The molecule has 19 heavy (non-hydrogen) atoms. The third-order valence-electron chi connectivity index (χ3n) is 2.77. The number of benzene rings is 1. The fourth-order valence-electron chi connectivity index (χ4n) is 1.71. The van der Waals surface area contributed by atoms with Crippen LogP contribution in [0.5, 0.6) is 0 Å². The molecule has 2 aromatic rings. The van der Waals surface area contributed by atoms with E-state index in [9.17, 15) is 9.18 Å². The Morgan fingerprint density at radius 1 is 1.32 bits per heavy atom. The van der Waals surface area contributed by atoms with Gasteiger partial charge < -0.3 is 5.32 Å². The molecule has 1 aromatic carbocycles. The van der Waals surface area contributed by atoms with E-state index in [1.54, 1.807) is 6.20 Å². The SMILES string of the molecule is Cc1ccnc(C)c1NC(=O)c1ccc(F)c(Br)c1. The van der Waals surface area contributed by atoms with Gasteiger partial charge in [0.15, 0.2) is 0 Å². The molecule has 98 valence electrons. The largest absolute Gasteiger partial charge is 0.320 e. The normalized spacial score (nSPS) is 10.3. The second-order valence-electron chi connectivity index (χ2n) is 4.17. The maximum atomic E-state index is 13.1. The first kappa shape index (κ1) is 13.7. The second kappa shape index (κ2) is 5.48. The molecule has 0 aliphatic heterocycles. The molecule has 1 aromatic heterocycles. The van der Waals surface area contributed by atoms with E-state index >= 15 is 0 Å². The van der Waals surface area contributed by atoms with Crippen LogP contribution in [0.3, 0.4) is 0 Å². The van der Waals surface area contributed by atoms with Crippen molar-refractivity contribution in [1.29, 1.82) is 0 Å². The van der Waals surface area contributed by atoms with Gasteiger partial charge in [-0.3, -0.25) is 9.78 Å². The van der Waals surface area contributed by atoms with Gasteiger partial charge in [0.05, 0.1) is 15.9 Å². The van der Waals surface area contributed by atoms with Crippen LogP contribution in [0.25, 0.3) is 0 Å². The Bertz CT molecular complexity index is 623. The highest BCUT2D eigenvalue weighted by molar-refractivity contribution is 9.10. The Hall–Kier alpha value is -1.75. The Balaban J connectivity index is 2.28. The van der Waals surface area contributed by atoms with Crippen molar-refractivity contribution in [2.75, 3.05) is 5.32 Å². The minimum atomic E-state index is -0.398. The first-order chi connectivity index (χ1) is 8.99. The monoisotopic (exact) mass is 322 g/mol. The number of halogens is 2. The van der Waals surface area contributed by atoms with Crippen LogP contribution >= 0.6 is 15.9 Å². The van der Waals surface area contributed by atoms with Gasteiger partial charge in [-0.25, -0.2) is 4.39 Å². The lowest BCUT2D eigenvalue weighted by molar-refractivity contribution is 0.102. The zero-order valence-corrected chi connectivity index (χ0v) is 12.1. The van der Waals surface area contributed by atoms with Crippen LogP contribution in [0.4, 0.5) is 10.1 Å². The number of aromatic nitrogens is 1. The highest BCUT2D eigenvalue weighted by Crippen LogP contribution is 2.20. The average molecular weight is 323 g/mol. The molecule has 1 amide bonds.